The summed E-state index contributed by atoms with van der Waals surface area (Å²) in [5.74, 6) is 0.335. The molecule has 0 fully saturated rings. The molecule has 0 aliphatic heterocycles. The fourth-order valence-corrected chi connectivity index (χ4v) is 2.00. The van der Waals surface area contributed by atoms with Crippen molar-refractivity contribution in [3.05, 3.63) is 53.5 Å². The van der Waals surface area contributed by atoms with E-state index in [9.17, 15) is 4.79 Å². The first-order valence-corrected chi connectivity index (χ1v) is 6.48. The maximum Gasteiger partial charge on any atom is 0.373 e. The van der Waals surface area contributed by atoms with Crippen LogP contribution in [-0.2, 0) is 4.74 Å². The summed E-state index contributed by atoms with van der Waals surface area (Å²) in [5, 5.41) is 8.95. The third-order valence-corrected chi connectivity index (χ3v) is 3.39. The molecule has 0 bridgehead atoms. The molecule has 5 heteroatoms. The Morgan fingerprint density at radius 1 is 1.38 bits per heavy atom. The summed E-state index contributed by atoms with van der Waals surface area (Å²) >= 11 is 0. The van der Waals surface area contributed by atoms with Gasteiger partial charge in [-0.2, -0.15) is 5.26 Å². The molecule has 0 N–H and O–H groups in total. The second kappa shape index (κ2) is 6.14. The molecule has 0 aliphatic carbocycles. The van der Waals surface area contributed by atoms with Crippen molar-refractivity contribution >= 4 is 11.7 Å². The third kappa shape index (κ3) is 3.06. The van der Waals surface area contributed by atoms with Crippen molar-refractivity contribution < 1.29 is 13.9 Å². The van der Waals surface area contributed by atoms with E-state index in [1.807, 2.05) is 31.0 Å². The highest BCUT2D eigenvalue weighted by Crippen LogP contribution is 2.27. The number of esters is 1. The molecular weight excluding hydrogens is 268 g/mol. The lowest BCUT2D eigenvalue weighted by Gasteiger charge is -2.25. The number of anilines is 1. The Balaban J connectivity index is 2.22. The van der Waals surface area contributed by atoms with Gasteiger partial charge < -0.3 is 14.1 Å². The highest BCUT2D eigenvalue weighted by atomic mass is 16.5. The summed E-state index contributed by atoms with van der Waals surface area (Å²) in [6.07, 6.45) is 0. The van der Waals surface area contributed by atoms with Gasteiger partial charge in [0, 0.05) is 12.7 Å². The van der Waals surface area contributed by atoms with Crippen LogP contribution in [0.1, 0.15) is 34.8 Å². The molecule has 1 aromatic heterocycles. The van der Waals surface area contributed by atoms with Crippen LogP contribution in [0.25, 0.3) is 0 Å². The van der Waals surface area contributed by atoms with Crippen LogP contribution in [0, 0.1) is 11.3 Å². The fourth-order valence-electron chi connectivity index (χ4n) is 2.00. The Labute approximate surface area is 123 Å². The van der Waals surface area contributed by atoms with Crippen molar-refractivity contribution in [1.29, 1.82) is 5.26 Å². The quantitative estimate of drug-likeness (QED) is 0.807. The summed E-state index contributed by atoms with van der Waals surface area (Å²) in [6.45, 7) is 1.96. The maximum atomic E-state index is 11.4. The van der Waals surface area contributed by atoms with E-state index in [1.54, 1.807) is 24.3 Å². The zero-order valence-electron chi connectivity index (χ0n) is 12.2. The highest BCUT2D eigenvalue weighted by molar-refractivity contribution is 5.86. The molecule has 1 unspecified atom stereocenters. The van der Waals surface area contributed by atoms with Gasteiger partial charge in [0.25, 0.3) is 0 Å². The SMILES string of the molecule is COC(=O)c1ccc(C(C)N(C)c2cccc(C#N)c2)o1. The monoisotopic (exact) mass is 284 g/mol. The van der Waals surface area contributed by atoms with Crippen molar-refractivity contribution in [3.8, 4) is 6.07 Å². The van der Waals surface area contributed by atoms with Gasteiger partial charge in [-0.05, 0) is 37.3 Å². The number of ether oxygens (including phenoxy) is 1. The number of methoxy groups -OCH3 is 1. The van der Waals surface area contributed by atoms with Gasteiger partial charge in [0.15, 0.2) is 0 Å². The molecule has 2 aromatic rings. The van der Waals surface area contributed by atoms with Crippen molar-refractivity contribution in [2.45, 2.75) is 13.0 Å². The first-order chi connectivity index (χ1) is 10.1. The van der Waals surface area contributed by atoms with Crippen LogP contribution >= 0.6 is 0 Å². The van der Waals surface area contributed by atoms with E-state index in [0.29, 0.717) is 11.3 Å². The summed E-state index contributed by atoms with van der Waals surface area (Å²) in [5.41, 5.74) is 1.50. The van der Waals surface area contributed by atoms with Crippen molar-refractivity contribution in [3.63, 3.8) is 0 Å². The lowest BCUT2D eigenvalue weighted by molar-refractivity contribution is 0.0562. The van der Waals surface area contributed by atoms with Gasteiger partial charge in [0.1, 0.15) is 5.76 Å². The molecule has 2 rings (SSSR count). The van der Waals surface area contributed by atoms with E-state index in [4.69, 9.17) is 9.68 Å². The van der Waals surface area contributed by atoms with Crippen molar-refractivity contribution in [2.24, 2.45) is 0 Å². The Morgan fingerprint density at radius 2 is 2.14 bits per heavy atom. The molecule has 0 saturated carbocycles. The number of nitrogens with zero attached hydrogens (tertiary/aromatic N) is 2. The van der Waals surface area contributed by atoms with Gasteiger partial charge >= 0.3 is 5.97 Å². The molecule has 21 heavy (non-hydrogen) atoms. The minimum atomic E-state index is -0.498. The average molecular weight is 284 g/mol. The zero-order chi connectivity index (χ0) is 15.4. The normalized spacial score (nSPS) is 11.5. The van der Waals surface area contributed by atoms with E-state index in [-0.39, 0.29) is 11.8 Å². The number of benzene rings is 1. The van der Waals surface area contributed by atoms with Gasteiger partial charge in [-0.3, -0.25) is 0 Å². The predicted molar refractivity (Wildman–Crippen MR) is 78.0 cm³/mol. The average Bonchev–Trinajstić information content (AvgIpc) is 3.02. The number of furan rings is 1. The van der Waals surface area contributed by atoms with Crippen LogP contribution in [0.15, 0.2) is 40.8 Å². The third-order valence-electron chi connectivity index (χ3n) is 3.39. The maximum absolute atomic E-state index is 11.4. The Kier molecular flexibility index (Phi) is 4.29. The number of carbonyl (C=O) groups excluding carboxylic acids is 1. The minimum absolute atomic E-state index is 0.0858. The summed E-state index contributed by atoms with van der Waals surface area (Å²) in [7, 11) is 3.22. The number of hydrogen-bond acceptors (Lipinski definition) is 5. The summed E-state index contributed by atoms with van der Waals surface area (Å²) in [4.78, 5) is 13.4. The summed E-state index contributed by atoms with van der Waals surface area (Å²) < 4.78 is 10.1. The molecule has 0 aliphatic rings. The second-order valence-electron chi connectivity index (χ2n) is 4.64. The topological polar surface area (TPSA) is 66.5 Å². The summed E-state index contributed by atoms with van der Waals surface area (Å²) in [6, 6.07) is 12.7. The fraction of sp³-hybridized carbons (Fsp3) is 0.250. The van der Waals surface area contributed by atoms with E-state index < -0.39 is 5.97 Å². The number of carbonyl (C=O) groups is 1. The number of rotatable bonds is 4. The molecule has 1 atom stereocenters. The zero-order valence-corrected chi connectivity index (χ0v) is 12.2. The Hall–Kier alpha value is -2.74. The van der Waals surface area contributed by atoms with Crippen LogP contribution < -0.4 is 4.90 Å². The lowest BCUT2D eigenvalue weighted by atomic mass is 10.1. The molecule has 5 nitrogen and oxygen atoms in total. The smallest absolute Gasteiger partial charge is 0.373 e. The number of nitriles is 1. The van der Waals surface area contributed by atoms with Gasteiger partial charge in [-0.25, -0.2) is 4.79 Å². The van der Waals surface area contributed by atoms with Crippen molar-refractivity contribution in [2.75, 3.05) is 19.1 Å². The van der Waals surface area contributed by atoms with E-state index in [1.165, 1.54) is 7.11 Å². The Morgan fingerprint density at radius 3 is 2.81 bits per heavy atom. The minimum Gasteiger partial charge on any atom is -0.463 e. The molecule has 108 valence electrons. The van der Waals surface area contributed by atoms with Crippen LogP contribution in [0.2, 0.25) is 0 Å². The van der Waals surface area contributed by atoms with Gasteiger partial charge in [-0.15, -0.1) is 0 Å². The second-order valence-corrected chi connectivity index (χ2v) is 4.64. The lowest BCUT2D eigenvalue weighted by Crippen LogP contribution is -2.21. The van der Waals surface area contributed by atoms with Gasteiger partial charge in [0.05, 0.1) is 24.8 Å². The van der Waals surface area contributed by atoms with E-state index >= 15 is 0 Å². The molecule has 0 amide bonds. The first-order valence-electron chi connectivity index (χ1n) is 6.48. The van der Waals surface area contributed by atoms with E-state index in [0.717, 1.165) is 5.69 Å². The van der Waals surface area contributed by atoms with Crippen LogP contribution in [-0.4, -0.2) is 20.1 Å². The van der Waals surface area contributed by atoms with E-state index in [2.05, 4.69) is 10.8 Å². The van der Waals surface area contributed by atoms with Gasteiger partial charge in [0.2, 0.25) is 5.76 Å². The number of hydrogen-bond donors (Lipinski definition) is 0. The Bertz CT molecular complexity index is 685. The van der Waals surface area contributed by atoms with Crippen LogP contribution in [0.5, 0.6) is 0 Å². The standard InChI is InChI=1S/C16H16N2O3/c1-11(14-7-8-15(21-14)16(19)20-3)18(2)13-6-4-5-12(9-13)10-17/h4-9,11H,1-3H3. The molecular formula is C16H16N2O3. The molecule has 1 aromatic carbocycles. The predicted octanol–water partition coefficient (Wildman–Crippen LogP) is 3.14. The molecule has 1 heterocycles. The van der Waals surface area contributed by atoms with Crippen molar-refractivity contribution in [1.82, 2.24) is 0 Å². The van der Waals surface area contributed by atoms with Crippen LogP contribution in [0.3, 0.4) is 0 Å². The molecule has 0 saturated heterocycles. The largest absolute Gasteiger partial charge is 0.463 e. The van der Waals surface area contributed by atoms with Gasteiger partial charge in [-0.1, -0.05) is 6.07 Å². The molecule has 0 spiro atoms. The first kappa shape index (κ1) is 14.7. The highest BCUT2D eigenvalue weighted by Gasteiger charge is 2.19. The van der Waals surface area contributed by atoms with Crippen LogP contribution in [0.4, 0.5) is 5.69 Å². The molecule has 0 radical (unpaired) electrons.